The van der Waals surface area contributed by atoms with Crippen molar-refractivity contribution in [1.29, 1.82) is 0 Å². The van der Waals surface area contributed by atoms with Crippen molar-refractivity contribution in [3.8, 4) is 0 Å². The van der Waals surface area contributed by atoms with Gasteiger partial charge in [-0.25, -0.2) is 0 Å². The molecule has 0 spiro atoms. The van der Waals surface area contributed by atoms with Crippen LogP contribution in [0.25, 0.3) is 0 Å². The van der Waals surface area contributed by atoms with Gasteiger partial charge in [0.1, 0.15) is 0 Å². The maximum atomic E-state index is 3.69. The number of hydrogen-bond acceptors (Lipinski definition) is 1. The highest BCUT2D eigenvalue weighted by Gasteiger charge is 2.24. The highest BCUT2D eigenvalue weighted by atomic mass is 15.0. The predicted octanol–water partition coefficient (Wildman–Crippen LogP) is 3.40. The summed E-state index contributed by atoms with van der Waals surface area (Å²) in [4.78, 5) is 0. The van der Waals surface area contributed by atoms with Crippen molar-refractivity contribution >= 4 is 0 Å². The summed E-state index contributed by atoms with van der Waals surface area (Å²) in [6.07, 6.45) is 5.26. The maximum absolute atomic E-state index is 3.69. The first-order valence-corrected chi connectivity index (χ1v) is 6.55. The molecule has 1 saturated carbocycles. The third kappa shape index (κ3) is 3.64. The molecule has 1 nitrogen and oxygen atoms in total. The van der Waals surface area contributed by atoms with Crippen LogP contribution in [0.4, 0.5) is 0 Å². The third-order valence-electron chi connectivity index (χ3n) is 3.66. The van der Waals surface area contributed by atoms with Crippen LogP contribution in [-0.2, 0) is 6.42 Å². The fraction of sp³-hybridized carbons (Fsp3) is 0.600. The molecule has 16 heavy (non-hydrogen) atoms. The van der Waals surface area contributed by atoms with Crippen molar-refractivity contribution in [1.82, 2.24) is 5.32 Å². The average molecular weight is 217 g/mol. The molecule has 0 amide bonds. The zero-order valence-electron chi connectivity index (χ0n) is 10.4. The van der Waals surface area contributed by atoms with Crippen molar-refractivity contribution in [2.45, 2.75) is 51.6 Å². The van der Waals surface area contributed by atoms with Crippen molar-refractivity contribution < 1.29 is 0 Å². The first-order chi connectivity index (χ1) is 7.75. The van der Waals surface area contributed by atoms with Gasteiger partial charge < -0.3 is 5.32 Å². The van der Waals surface area contributed by atoms with E-state index in [0.717, 1.165) is 12.0 Å². The lowest BCUT2D eigenvalue weighted by Gasteiger charge is -2.21. The van der Waals surface area contributed by atoms with Gasteiger partial charge in [0.2, 0.25) is 0 Å². The van der Waals surface area contributed by atoms with Crippen LogP contribution in [0.3, 0.4) is 0 Å². The minimum Gasteiger partial charge on any atom is -0.311 e. The Bertz CT molecular complexity index is 302. The predicted molar refractivity (Wildman–Crippen MR) is 69.5 cm³/mol. The topological polar surface area (TPSA) is 12.0 Å². The molecule has 1 aliphatic carbocycles. The van der Waals surface area contributed by atoms with Gasteiger partial charge in [0.25, 0.3) is 0 Å². The zero-order chi connectivity index (χ0) is 11.4. The number of hydrogen-bond donors (Lipinski definition) is 1. The molecule has 1 aliphatic rings. The maximum Gasteiger partial charge on any atom is 0.00708 e. The SMILES string of the molecule is CC(CCc1ccccc1)C(C)NC1CC1. The van der Waals surface area contributed by atoms with Crippen LogP contribution in [0.15, 0.2) is 30.3 Å². The fourth-order valence-electron chi connectivity index (χ4n) is 2.08. The molecule has 1 N–H and O–H groups in total. The van der Waals surface area contributed by atoms with Gasteiger partial charge in [0.05, 0.1) is 0 Å². The first-order valence-electron chi connectivity index (χ1n) is 6.55. The monoisotopic (exact) mass is 217 g/mol. The molecule has 1 heteroatoms. The van der Waals surface area contributed by atoms with Gasteiger partial charge in [-0.05, 0) is 44.1 Å². The average Bonchev–Trinajstić information content (AvgIpc) is 3.11. The van der Waals surface area contributed by atoms with E-state index in [0.29, 0.717) is 6.04 Å². The Morgan fingerprint density at radius 1 is 1.19 bits per heavy atom. The Balaban J connectivity index is 1.72. The Kier molecular flexibility index (Phi) is 4.00. The molecule has 1 fully saturated rings. The summed E-state index contributed by atoms with van der Waals surface area (Å²) >= 11 is 0. The van der Waals surface area contributed by atoms with Gasteiger partial charge in [-0.3, -0.25) is 0 Å². The largest absolute Gasteiger partial charge is 0.311 e. The van der Waals surface area contributed by atoms with Gasteiger partial charge in [-0.15, -0.1) is 0 Å². The summed E-state index contributed by atoms with van der Waals surface area (Å²) < 4.78 is 0. The summed E-state index contributed by atoms with van der Waals surface area (Å²) in [5, 5.41) is 3.69. The molecule has 0 heterocycles. The normalized spacial score (nSPS) is 19.4. The molecule has 88 valence electrons. The lowest BCUT2D eigenvalue weighted by Crippen LogP contribution is -2.33. The smallest absolute Gasteiger partial charge is 0.00708 e. The van der Waals surface area contributed by atoms with E-state index >= 15 is 0 Å². The highest BCUT2D eigenvalue weighted by molar-refractivity contribution is 5.14. The molecular weight excluding hydrogens is 194 g/mol. The molecule has 2 rings (SSSR count). The summed E-state index contributed by atoms with van der Waals surface area (Å²) in [5.41, 5.74) is 1.47. The number of aryl methyl sites for hydroxylation is 1. The Hall–Kier alpha value is -0.820. The van der Waals surface area contributed by atoms with E-state index in [9.17, 15) is 0 Å². The van der Waals surface area contributed by atoms with E-state index in [1.807, 2.05) is 0 Å². The molecule has 0 bridgehead atoms. The molecule has 0 radical (unpaired) electrons. The quantitative estimate of drug-likeness (QED) is 0.770. The molecule has 2 atom stereocenters. The second-order valence-corrected chi connectivity index (χ2v) is 5.23. The van der Waals surface area contributed by atoms with E-state index in [-0.39, 0.29) is 0 Å². The fourth-order valence-corrected chi connectivity index (χ4v) is 2.08. The third-order valence-corrected chi connectivity index (χ3v) is 3.66. The molecule has 1 aromatic carbocycles. The van der Waals surface area contributed by atoms with Gasteiger partial charge in [-0.1, -0.05) is 37.3 Å². The van der Waals surface area contributed by atoms with Crippen LogP contribution in [0.5, 0.6) is 0 Å². The molecule has 0 aromatic heterocycles. The highest BCUT2D eigenvalue weighted by Crippen LogP contribution is 2.22. The molecule has 0 aliphatic heterocycles. The molecule has 2 unspecified atom stereocenters. The van der Waals surface area contributed by atoms with Gasteiger partial charge in [0, 0.05) is 12.1 Å². The summed E-state index contributed by atoms with van der Waals surface area (Å²) in [6, 6.07) is 12.3. The summed E-state index contributed by atoms with van der Waals surface area (Å²) in [7, 11) is 0. The zero-order valence-corrected chi connectivity index (χ0v) is 10.4. The molecule has 1 aromatic rings. The van der Waals surface area contributed by atoms with Gasteiger partial charge in [-0.2, -0.15) is 0 Å². The lowest BCUT2D eigenvalue weighted by atomic mass is 9.95. The number of benzene rings is 1. The molecular formula is C15H23N. The van der Waals surface area contributed by atoms with E-state index in [2.05, 4.69) is 49.5 Å². The second-order valence-electron chi connectivity index (χ2n) is 5.23. The van der Waals surface area contributed by atoms with Crippen LogP contribution < -0.4 is 5.32 Å². The van der Waals surface area contributed by atoms with E-state index in [1.54, 1.807) is 0 Å². The van der Waals surface area contributed by atoms with Crippen molar-refractivity contribution in [2.75, 3.05) is 0 Å². The Morgan fingerprint density at radius 3 is 2.50 bits per heavy atom. The van der Waals surface area contributed by atoms with E-state index < -0.39 is 0 Å². The van der Waals surface area contributed by atoms with Crippen LogP contribution in [-0.4, -0.2) is 12.1 Å². The van der Waals surface area contributed by atoms with Crippen LogP contribution in [0, 0.1) is 5.92 Å². The van der Waals surface area contributed by atoms with Gasteiger partial charge in [0.15, 0.2) is 0 Å². The minimum absolute atomic E-state index is 0.663. The van der Waals surface area contributed by atoms with Crippen LogP contribution in [0.1, 0.15) is 38.7 Å². The van der Waals surface area contributed by atoms with Gasteiger partial charge >= 0.3 is 0 Å². The number of rotatable bonds is 6. The summed E-state index contributed by atoms with van der Waals surface area (Å²) in [5.74, 6) is 0.765. The lowest BCUT2D eigenvalue weighted by molar-refractivity contribution is 0.377. The first kappa shape index (κ1) is 11.7. The van der Waals surface area contributed by atoms with Crippen LogP contribution >= 0.6 is 0 Å². The van der Waals surface area contributed by atoms with E-state index in [4.69, 9.17) is 0 Å². The van der Waals surface area contributed by atoms with Crippen LogP contribution in [0.2, 0.25) is 0 Å². The number of nitrogens with one attached hydrogen (secondary N) is 1. The Morgan fingerprint density at radius 2 is 1.88 bits per heavy atom. The standard InChI is InChI=1S/C15H23N/c1-12(13(2)16-15-10-11-15)8-9-14-6-4-3-5-7-14/h3-7,12-13,15-16H,8-11H2,1-2H3. The van der Waals surface area contributed by atoms with E-state index in [1.165, 1.54) is 31.2 Å². The molecule has 0 saturated heterocycles. The van der Waals surface area contributed by atoms with Crippen molar-refractivity contribution in [2.24, 2.45) is 5.92 Å². The second kappa shape index (κ2) is 5.49. The van der Waals surface area contributed by atoms with Crippen molar-refractivity contribution in [3.05, 3.63) is 35.9 Å². The van der Waals surface area contributed by atoms with Crippen molar-refractivity contribution in [3.63, 3.8) is 0 Å². The minimum atomic E-state index is 0.663. The summed E-state index contributed by atoms with van der Waals surface area (Å²) in [6.45, 7) is 4.69. The Labute approximate surface area is 99.3 Å².